The molecule has 1 aromatic rings. The zero-order valence-electron chi connectivity index (χ0n) is 10.5. The van der Waals surface area contributed by atoms with Crippen LogP contribution in [-0.4, -0.2) is 36.7 Å². The van der Waals surface area contributed by atoms with Crippen molar-refractivity contribution in [2.45, 2.75) is 12.5 Å². The Labute approximate surface area is 124 Å². The number of nitrogens with one attached hydrogen (secondary N) is 1. The summed E-state index contributed by atoms with van der Waals surface area (Å²) in [7, 11) is 1.41. The van der Waals surface area contributed by atoms with Gasteiger partial charge < -0.3 is 15.2 Å². The molecule has 2 N–H and O–H groups in total. The first-order valence-corrected chi connectivity index (χ1v) is 6.29. The predicted octanol–water partition coefficient (Wildman–Crippen LogP) is 2.35. The van der Waals surface area contributed by atoms with Crippen molar-refractivity contribution in [3.8, 4) is 0 Å². The Morgan fingerprint density at radius 3 is 2.60 bits per heavy atom. The summed E-state index contributed by atoms with van der Waals surface area (Å²) in [5.74, 6) is -2.83. The molecule has 0 aromatic heterocycles. The summed E-state index contributed by atoms with van der Waals surface area (Å²) >= 11 is 11.3. The third kappa shape index (κ3) is 4.33. The van der Waals surface area contributed by atoms with Crippen molar-refractivity contribution in [3.05, 3.63) is 33.6 Å². The topological polar surface area (TPSA) is 75.6 Å². The fourth-order valence-corrected chi connectivity index (χ4v) is 1.89. The maximum absolute atomic E-state index is 13.3. The van der Waals surface area contributed by atoms with Gasteiger partial charge in [0.05, 0.1) is 15.6 Å². The molecule has 1 aromatic carbocycles. The third-order valence-electron chi connectivity index (χ3n) is 2.47. The van der Waals surface area contributed by atoms with E-state index in [9.17, 15) is 14.0 Å². The van der Waals surface area contributed by atoms with Crippen LogP contribution >= 0.6 is 23.2 Å². The van der Waals surface area contributed by atoms with Crippen molar-refractivity contribution in [1.82, 2.24) is 5.32 Å². The molecule has 0 fully saturated rings. The van der Waals surface area contributed by atoms with E-state index >= 15 is 0 Å². The summed E-state index contributed by atoms with van der Waals surface area (Å²) in [5, 5.41) is 10.9. The molecule has 0 saturated heterocycles. The van der Waals surface area contributed by atoms with Gasteiger partial charge in [-0.05, 0) is 12.1 Å². The second-order valence-electron chi connectivity index (χ2n) is 3.89. The minimum absolute atomic E-state index is 0.0650. The molecule has 5 nitrogen and oxygen atoms in total. The number of carbonyl (C=O) groups is 2. The van der Waals surface area contributed by atoms with Gasteiger partial charge in [-0.15, -0.1) is 0 Å². The molecular formula is C12H12Cl2FNO4. The summed E-state index contributed by atoms with van der Waals surface area (Å²) in [6.07, 6.45) is 0.0747. The Bertz CT molecular complexity index is 524. The number of methoxy groups -OCH3 is 1. The van der Waals surface area contributed by atoms with Crippen LogP contribution < -0.4 is 5.32 Å². The lowest BCUT2D eigenvalue weighted by atomic mass is 10.1. The van der Waals surface area contributed by atoms with E-state index in [1.54, 1.807) is 0 Å². The van der Waals surface area contributed by atoms with Crippen LogP contribution in [0.1, 0.15) is 16.8 Å². The van der Waals surface area contributed by atoms with Crippen LogP contribution in [0.15, 0.2) is 12.1 Å². The number of carboxylic acid groups (broad SMARTS) is 1. The van der Waals surface area contributed by atoms with Crippen molar-refractivity contribution < 1.29 is 23.8 Å². The van der Waals surface area contributed by atoms with E-state index in [0.717, 1.165) is 12.1 Å². The van der Waals surface area contributed by atoms with E-state index in [4.69, 9.17) is 33.0 Å². The number of hydrogen-bond acceptors (Lipinski definition) is 3. The number of rotatable bonds is 6. The smallest absolute Gasteiger partial charge is 0.326 e. The van der Waals surface area contributed by atoms with E-state index in [0.29, 0.717) is 0 Å². The molecule has 1 unspecified atom stereocenters. The molecule has 0 bridgehead atoms. The van der Waals surface area contributed by atoms with E-state index < -0.39 is 23.7 Å². The van der Waals surface area contributed by atoms with Crippen LogP contribution in [0.3, 0.4) is 0 Å². The normalized spacial score (nSPS) is 12.0. The predicted molar refractivity (Wildman–Crippen MR) is 71.8 cm³/mol. The van der Waals surface area contributed by atoms with Crippen molar-refractivity contribution in [2.24, 2.45) is 0 Å². The fourth-order valence-electron chi connectivity index (χ4n) is 1.43. The molecule has 1 rings (SSSR count). The van der Waals surface area contributed by atoms with Gasteiger partial charge in [-0.25, -0.2) is 9.18 Å². The molecule has 0 aliphatic rings. The lowest BCUT2D eigenvalue weighted by Gasteiger charge is -2.14. The molecule has 8 heteroatoms. The van der Waals surface area contributed by atoms with Gasteiger partial charge in [0.2, 0.25) is 0 Å². The van der Waals surface area contributed by atoms with E-state index in [2.05, 4.69) is 5.32 Å². The van der Waals surface area contributed by atoms with Gasteiger partial charge in [-0.3, -0.25) is 4.79 Å². The van der Waals surface area contributed by atoms with Gasteiger partial charge in [0.15, 0.2) is 0 Å². The monoisotopic (exact) mass is 323 g/mol. The lowest BCUT2D eigenvalue weighted by molar-refractivity contribution is -0.139. The number of carbonyl (C=O) groups excluding carboxylic acids is 1. The zero-order chi connectivity index (χ0) is 15.3. The second-order valence-corrected chi connectivity index (χ2v) is 4.71. The highest BCUT2D eigenvalue weighted by atomic mass is 35.5. The Balaban J connectivity index is 2.89. The summed E-state index contributed by atoms with van der Waals surface area (Å²) < 4.78 is 18.1. The van der Waals surface area contributed by atoms with Crippen LogP contribution in [0.2, 0.25) is 10.0 Å². The van der Waals surface area contributed by atoms with E-state index in [1.807, 2.05) is 0 Å². The van der Waals surface area contributed by atoms with E-state index in [-0.39, 0.29) is 28.6 Å². The molecule has 1 amide bonds. The molecule has 0 radical (unpaired) electrons. The van der Waals surface area contributed by atoms with E-state index in [1.165, 1.54) is 7.11 Å². The first kappa shape index (κ1) is 16.7. The van der Waals surface area contributed by atoms with Gasteiger partial charge in [0.1, 0.15) is 11.9 Å². The molecule has 0 spiro atoms. The first-order valence-electron chi connectivity index (χ1n) is 5.54. The van der Waals surface area contributed by atoms with Crippen LogP contribution in [0, 0.1) is 5.82 Å². The SMILES string of the molecule is COCCC(NC(=O)c1cc(F)c(Cl)cc1Cl)C(=O)O. The van der Waals surface area contributed by atoms with Crippen LogP contribution in [0.25, 0.3) is 0 Å². The Hall–Kier alpha value is -1.37. The van der Waals surface area contributed by atoms with Gasteiger partial charge in [0.25, 0.3) is 5.91 Å². The second kappa shape index (κ2) is 7.42. The van der Waals surface area contributed by atoms with Crippen LogP contribution in [0.5, 0.6) is 0 Å². The minimum atomic E-state index is -1.22. The summed E-state index contributed by atoms with van der Waals surface area (Å²) in [6.45, 7) is 0.153. The number of ether oxygens (including phenoxy) is 1. The number of carboxylic acids is 1. The molecule has 0 aliphatic heterocycles. The molecule has 1 atom stereocenters. The Kier molecular flexibility index (Phi) is 6.19. The highest BCUT2D eigenvalue weighted by molar-refractivity contribution is 6.36. The number of amides is 1. The average molecular weight is 324 g/mol. The summed E-state index contributed by atoms with van der Waals surface area (Å²) in [4.78, 5) is 22.9. The van der Waals surface area contributed by atoms with Crippen molar-refractivity contribution in [1.29, 1.82) is 0 Å². The first-order chi connectivity index (χ1) is 9.36. The van der Waals surface area contributed by atoms with Crippen molar-refractivity contribution >= 4 is 35.1 Å². The number of aliphatic carboxylic acids is 1. The number of benzene rings is 1. The Morgan fingerprint density at radius 1 is 1.40 bits per heavy atom. The van der Waals surface area contributed by atoms with Crippen LogP contribution in [-0.2, 0) is 9.53 Å². The maximum Gasteiger partial charge on any atom is 0.326 e. The molecule has 0 heterocycles. The fraction of sp³-hybridized carbons (Fsp3) is 0.333. The molecule has 20 heavy (non-hydrogen) atoms. The largest absolute Gasteiger partial charge is 0.480 e. The molecule has 0 saturated carbocycles. The zero-order valence-corrected chi connectivity index (χ0v) is 12.0. The summed E-state index contributed by atoms with van der Waals surface area (Å²) in [5.41, 5.74) is -0.183. The highest BCUT2D eigenvalue weighted by Gasteiger charge is 2.22. The van der Waals surface area contributed by atoms with Gasteiger partial charge in [-0.2, -0.15) is 0 Å². The molecule has 110 valence electrons. The number of halogens is 3. The minimum Gasteiger partial charge on any atom is -0.480 e. The Morgan fingerprint density at radius 2 is 2.05 bits per heavy atom. The quantitative estimate of drug-likeness (QED) is 0.788. The average Bonchev–Trinajstić information content (AvgIpc) is 2.38. The van der Waals surface area contributed by atoms with Gasteiger partial charge in [0, 0.05) is 20.1 Å². The highest BCUT2D eigenvalue weighted by Crippen LogP contribution is 2.24. The van der Waals surface area contributed by atoms with Gasteiger partial charge >= 0.3 is 5.97 Å². The molecule has 0 aliphatic carbocycles. The van der Waals surface area contributed by atoms with Crippen LogP contribution in [0.4, 0.5) is 4.39 Å². The summed E-state index contributed by atoms with van der Waals surface area (Å²) in [6, 6.07) is 0.783. The number of hydrogen-bond donors (Lipinski definition) is 2. The third-order valence-corrected chi connectivity index (χ3v) is 3.07. The molecular weight excluding hydrogens is 312 g/mol. The maximum atomic E-state index is 13.3. The van der Waals surface area contributed by atoms with Crippen molar-refractivity contribution in [3.63, 3.8) is 0 Å². The standard InChI is InChI=1S/C12H12Cl2FNO4/c1-20-3-2-10(12(18)19)16-11(17)6-4-9(15)8(14)5-7(6)13/h4-5,10H,2-3H2,1H3,(H,16,17)(H,18,19). The van der Waals surface area contributed by atoms with Crippen molar-refractivity contribution in [2.75, 3.05) is 13.7 Å². The van der Waals surface area contributed by atoms with Gasteiger partial charge in [-0.1, -0.05) is 23.2 Å². The lowest BCUT2D eigenvalue weighted by Crippen LogP contribution is -2.41.